The number of amides is 1. The predicted molar refractivity (Wildman–Crippen MR) is 97.6 cm³/mol. The number of aromatic amines is 1. The highest BCUT2D eigenvalue weighted by molar-refractivity contribution is 5.83. The third-order valence-electron chi connectivity index (χ3n) is 5.57. The zero-order chi connectivity index (χ0) is 18.2. The average Bonchev–Trinajstić information content (AvgIpc) is 3.30. The summed E-state index contributed by atoms with van der Waals surface area (Å²) >= 11 is 0. The molecule has 2 aromatic heterocycles. The molecule has 0 aliphatic carbocycles. The van der Waals surface area contributed by atoms with Gasteiger partial charge in [0.1, 0.15) is 0 Å². The molecule has 1 amide bonds. The Bertz CT molecular complexity index is 962. The van der Waals surface area contributed by atoms with E-state index in [0.717, 1.165) is 54.7 Å². The molecule has 8 heteroatoms. The average molecular weight is 363 g/mol. The molecular weight excluding hydrogens is 342 g/mol. The number of aromatic nitrogens is 6. The summed E-state index contributed by atoms with van der Waals surface area (Å²) in [5.41, 5.74) is 4.26. The van der Waals surface area contributed by atoms with Gasteiger partial charge >= 0.3 is 0 Å². The molecular formula is C19H21N7O. The van der Waals surface area contributed by atoms with Crippen LogP contribution in [0.5, 0.6) is 0 Å². The summed E-state index contributed by atoms with van der Waals surface area (Å²) in [7, 11) is 0. The Morgan fingerprint density at radius 1 is 1.15 bits per heavy atom. The van der Waals surface area contributed by atoms with Gasteiger partial charge in [-0.25, -0.2) is 4.68 Å². The molecule has 0 saturated heterocycles. The fraction of sp³-hybridized carbons (Fsp3) is 0.421. The van der Waals surface area contributed by atoms with E-state index in [1.165, 1.54) is 0 Å². The first kappa shape index (κ1) is 16.2. The van der Waals surface area contributed by atoms with Crippen LogP contribution in [0.1, 0.15) is 42.3 Å². The van der Waals surface area contributed by atoms with Crippen molar-refractivity contribution < 1.29 is 4.79 Å². The second kappa shape index (κ2) is 6.61. The van der Waals surface area contributed by atoms with E-state index < -0.39 is 0 Å². The topological polar surface area (TPSA) is 92.6 Å². The van der Waals surface area contributed by atoms with Gasteiger partial charge in [-0.15, -0.1) is 5.10 Å². The molecule has 0 radical (unpaired) electrons. The van der Waals surface area contributed by atoms with Crippen molar-refractivity contribution in [3.8, 4) is 11.3 Å². The molecule has 2 aliphatic rings. The second-order valence-electron chi connectivity index (χ2n) is 7.21. The number of H-pyrrole nitrogens is 1. The van der Waals surface area contributed by atoms with Crippen LogP contribution in [0.2, 0.25) is 0 Å². The summed E-state index contributed by atoms with van der Waals surface area (Å²) in [5, 5.41) is 19.7. The highest BCUT2D eigenvalue weighted by Gasteiger charge is 2.34. The number of hydrogen-bond acceptors (Lipinski definition) is 5. The summed E-state index contributed by atoms with van der Waals surface area (Å²) in [6.45, 7) is 2.06. The highest BCUT2D eigenvalue weighted by atomic mass is 16.2. The first-order valence-electron chi connectivity index (χ1n) is 9.47. The van der Waals surface area contributed by atoms with Crippen molar-refractivity contribution in [3.05, 3.63) is 47.4 Å². The van der Waals surface area contributed by atoms with E-state index in [1.54, 1.807) is 4.68 Å². The van der Waals surface area contributed by atoms with Crippen LogP contribution < -0.4 is 0 Å². The van der Waals surface area contributed by atoms with Crippen LogP contribution in [-0.2, 0) is 24.3 Å². The maximum Gasteiger partial charge on any atom is 0.233 e. The molecule has 1 aromatic carbocycles. The number of nitrogens with one attached hydrogen (secondary N) is 1. The van der Waals surface area contributed by atoms with Crippen LogP contribution in [-0.4, -0.2) is 47.8 Å². The third kappa shape index (κ3) is 2.81. The molecule has 27 heavy (non-hydrogen) atoms. The Labute approximate surface area is 156 Å². The molecule has 1 N–H and O–H groups in total. The highest BCUT2D eigenvalue weighted by Crippen LogP contribution is 2.31. The summed E-state index contributed by atoms with van der Waals surface area (Å²) in [4.78, 5) is 15.3. The summed E-state index contributed by atoms with van der Waals surface area (Å²) in [6.07, 6.45) is 3.60. The van der Waals surface area contributed by atoms with Crippen molar-refractivity contribution in [1.29, 1.82) is 0 Å². The molecule has 1 atom stereocenters. The van der Waals surface area contributed by atoms with Crippen molar-refractivity contribution in [2.24, 2.45) is 0 Å². The maximum absolute atomic E-state index is 13.3. The number of carbonyl (C=O) groups is 1. The molecule has 8 nitrogen and oxygen atoms in total. The number of rotatable bonds is 2. The van der Waals surface area contributed by atoms with Crippen molar-refractivity contribution >= 4 is 5.91 Å². The fourth-order valence-corrected chi connectivity index (χ4v) is 4.13. The van der Waals surface area contributed by atoms with Gasteiger partial charge in [0.15, 0.2) is 5.82 Å². The second-order valence-corrected chi connectivity index (χ2v) is 7.21. The van der Waals surface area contributed by atoms with Crippen LogP contribution in [0.15, 0.2) is 30.3 Å². The minimum absolute atomic E-state index is 0.124. The fourth-order valence-electron chi connectivity index (χ4n) is 4.13. The Balaban J connectivity index is 1.43. The number of aryl methyl sites for hydroxylation is 1. The van der Waals surface area contributed by atoms with Crippen LogP contribution in [0, 0.1) is 0 Å². The zero-order valence-electron chi connectivity index (χ0n) is 15.0. The predicted octanol–water partition coefficient (Wildman–Crippen LogP) is 1.92. The van der Waals surface area contributed by atoms with E-state index in [4.69, 9.17) is 0 Å². The Morgan fingerprint density at radius 2 is 2.04 bits per heavy atom. The number of hydrogen-bond donors (Lipinski definition) is 1. The number of carbonyl (C=O) groups excluding carboxylic acids is 1. The number of tetrazole rings is 1. The zero-order valence-corrected chi connectivity index (χ0v) is 15.0. The Morgan fingerprint density at radius 3 is 2.93 bits per heavy atom. The normalized spacial score (nSPS) is 19.3. The smallest absolute Gasteiger partial charge is 0.233 e. The lowest BCUT2D eigenvalue weighted by molar-refractivity contribution is -0.134. The third-order valence-corrected chi connectivity index (χ3v) is 5.57. The van der Waals surface area contributed by atoms with E-state index in [9.17, 15) is 4.79 Å². The monoisotopic (exact) mass is 363 g/mol. The van der Waals surface area contributed by atoms with E-state index in [0.29, 0.717) is 18.9 Å². The maximum atomic E-state index is 13.3. The molecule has 4 heterocycles. The van der Waals surface area contributed by atoms with Crippen LogP contribution in [0.4, 0.5) is 0 Å². The molecule has 0 bridgehead atoms. The van der Waals surface area contributed by atoms with Gasteiger partial charge < -0.3 is 4.90 Å². The van der Waals surface area contributed by atoms with Crippen molar-refractivity contribution in [2.45, 2.75) is 44.7 Å². The molecule has 3 aromatic rings. The SMILES string of the molecule is O=C(C1CCCCn2nnnc21)N1CCc2[nH]nc(-c3ccccc3)c2C1. The Hall–Kier alpha value is -3.03. The lowest BCUT2D eigenvalue weighted by atomic mass is 9.97. The quantitative estimate of drug-likeness (QED) is 0.751. The number of benzene rings is 1. The molecule has 0 fully saturated rings. The van der Waals surface area contributed by atoms with Crippen molar-refractivity contribution in [1.82, 2.24) is 35.3 Å². The van der Waals surface area contributed by atoms with E-state index in [1.807, 2.05) is 23.1 Å². The van der Waals surface area contributed by atoms with E-state index >= 15 is 0 Å². The van der Waals surface area contributed by atoms with Crippen molar-refractivity contribution in [2.75, 3.05) is 6.54 Å². The van der Waals surface area contributed by atoms with Crippen LogP contribution >= 0.6 is 0 Å². The first-order chi connectivity index (χ1) is 13.3. The molecule has 0 spiro atoms. The first-order valence-corrected chi connectivity index (χ1v) is 9.47. The van der Waals surface area contributed by atoms with Crippen LogP contribution in [0.3, 0.4) is 0 Å². The van der Waals surface area contributed by atoms with Gasteiger partial charge in [-0.1, -0.05) is 36.8 Å². The van der Waals surface area contributed by atoms with Gasteiger partial charge in [-0.3, -0.25) is 9.89 Å². The molecule has 0 saturated carbocycles. The molecule has 1 unspecified atom stereocenters. The standard InChI is InChI=1S/C19H21N7O/c27-19(14-8-4-5-10-26-18(14)22-23-24-26)25-11-9-16-15(12-25)17(21-20-16)13-6-2-1-3-7-13/h1-3,6-7,14H,4-5,8-12H2,(H,20,21). The summed E-state index contributed by atoms with van der Waals surface area (Å²) in [6, 6.07) is 10.1. The molecule has 2 aliphatic heterocycles. The van der Waals surface area contributed by atoms with Crippen LogP contribution in [0.25, 0.3) is 11.3 Å². The van der Waals surface area contributed by atoms with Gasteiger partial charge in [0.2, 0.25) is 5.91 Å². The van der Waals surface area contributed by atoms with Crippen molar-refractivity contribution in [3.63, 3.8) is 0 Å². The van der Waals surface area contributed by atoms with Gasteiger partial charge in [0, 0.05) is 42.9 Å². The Kier molecular flexibility index (Phi) is 3.95. The lowest BCUT2D eigenvalue weighted by Crippen LogP contribution is -2.39. The van der Waals surface area contributed by atoms with E-state index in [-0.39, 0.29) is 11.8 Å². The largest absolute Gasteiger partial charge is 0.337 e. The van der Waals surface area contributed by atoms with Gasteiger partial charge in [-0.05, 0) is 23.3 Å². The summed E-state index contributed by atoms with van der Waals surface area (Å²) < 4.78 is 1.79. The number of nitrogens with zero attached hydrogens (tertiary/aromatic N) is 6. The van der Waals surface area contributed by atoms with Gasteiger partial charge in [0.05, 0.1) is 11.6 Å². The number of fused-ring (bicyclic) bond motifs is 2. The van der Waals surface area contributed by atoms with Gasteiger partial charge in [0.25, 0.3) is 0 Å². The minimum Gasteiger partial charge on any atom is -0.337 e. The van der Waals surface area contributed by atoms with Gasteiger partial charge in [-0.2, -0.15) is 5.10 Å². The molecule has 138 valence electrons. The molecule has 5 rings (SSSR count). The van der Waals surface area contributed by atoms with E-state index in [2.05, 4.69) is 37.9 Å². The lowest BCUT2D eigenvalue weighted by Gasteiger charge is -2.30. The summed E-state index contributed by atoms with van der Waals surface area (Å²) in [5.74, 6) is 0.578. The minimum atomic E-state index is -0.254.